The van der Waals surface area contributed by atoms with E-state index in [9.17, 15) is 0 Å². The highest BCUT2D eigenvalue weighted by atomic mass is 15.3. The lowest BCUT2D eigenvalue weighted by molar-refractivity contribution is 0.515. The van der Waals surface area contributed by atoms with Crippen LogP contribution in [0.2, 0.25) is 0 Å². The number of rotatable bonds is 6. The molecule has 35 heavy (non-hydrogen) atoms. The second kappa shape index (κ2) is 10.5. The molecule has 1 heterocycles. The van der Waals surface area contributed by atoms with Gasteiger partial charge in [0.15, 0.2) is 11.6 Å². The van der Waals surface area contributed by atoms with Gasteiger partial charge < -0.3 is 0 Å². The van der Waals surface area contributed by atoms with Gasteiger partial charge in [0, 0.05) is 16.8 Å². The van der Waals surface area contributed by atoms with Gasteiger partial charge in [0.1, 0.15) is 0 Å². The van der Waals surface area contributed by atoms with Gasteiger partial charge in [-0.15, -0.1) is 10.2 Å². The molecule has 2 aromatic carbocycles. The summed E-state index contributed by atoms with van der Waals surface area (Å²) in [5.41, 5.74) is 6.93. The van der Waals surface area contributed by atoms with Crippen LogP contribution in [0.15, 0.2) is 115 Å². The van der Waals surface area contributed by atoms with Gasteiger partial charge in [-0.1, -0.05) is 124 Å². The van der Waals surface area contributed by atoms with E-state index in [0.717, 1.165) is 34.9 Å². The summed E-state index contributed by atoms with van der Waals surface area (Å²) in [6, 6.07) is 18.9. The summed E-state index contributed by atoms with van der Waals surface area (Å²) < 4.78 is 2.14. The van der Waals surface area contributed by atoms with Crippen molar-refractivity contribution in [2.75, 3.05) is 0 Å². The largest absolute Gasteiger partial charge is 0.279 e. The van der Waals surface area contributed by atoms with E-state index in [1.807, 2.05) is 18.2 Å². The maximum absolute atomic E-state index is 4.66. The second-order valence-corrected chi connectivity index (χ2v) is 9.69. The molecule has 0 N–H and O–H groups in total. The monoisotopic (exact) mass is 459 g/mol. The Labute approximate surface area is 209 Å². The molecule has 0 spiro atoms. The quantitative estimate of drug-likeness (QED) is 0.346. The van der Waals surface area contributed by atoms with Crippen LogP contribution in [0.4, 0.5) is 0 Å². The van der Waals surface area contributed by atoms with Gasteiger partial charge in [0.25, 0.3) is 0 Å². The van der Waals surface area contributed by atoms with Gasteiger partial charge in [-0.05, 0) is 41.5 Å². The zero-order valence-electron chi connectivity index (χ0n) is 21.1. The molecule has 176 valence electrons. The Morgan fingerprint density at radius 2 is 1.49 bits per heavy atom. The first-order valence-electron chi connectivity index (χ1n) is 12.1. The van der Waals surface area contributed by atoms with Crippen LogP contribution < -0.4 is 0 Å². The summed E-state index contributed by atoms with van der Waals surface area (Å²) in [5, 5.41) is 9.31. The number of benzene rings is 2. The number of nitrogens with zero attached hydrogens (tertiary/aromatic N) is 3. The molecule has 1 aliphatic carbocycles. The first-order chi connectivity index (χ1) is 16.9. The van der Waals surface area contributed by atoms with E-state index < -0.39 is 0 Å². The van der Waals surface area contributed by atoms with Gasteiger partial charge in [-0.3, -0.25) is 4.57 Å². The minimum Gasteiger partial charge on any atom is -0.279 e. The fourth-order valence-corrected chi connectivity index (χ4v) is 4.13. The van der Waals surface area contributed by atoms with Crippen molar-refractivity contribution in [1.82, 2.24) is 14.8 Å². The Hall–Kier alpha value is -3.98. The molecule has 1 aliphatic rings. The van der Waals surface area contributed by atoms with E-state index in [2.05, 4.69) is 128 Å². The highest BCUT2D eigenvalue weighted by Gasteiger charge is 2.20. The molecular weight excluding hydrogens is 426 g/mol. The summed E-state index contributed by atoms with van der Waals surface area (Å²) >= 11 is 0. The summed E-state index contributed by atoms with van der Waals surface area (Å²) in [4.78, 5) is 0. The van der Waals surface area contributed by atoms with Crippen LogP contribution in [0.25, 0.3) is 33.8 Å². The fraction of sp³-hybridized carbons (Fsp3) is 0.188. The van der Waals surface area contributed by atoms with Gasteiger partial charge in [-0.25, -0.2) is 0 Å². The zero-order valence-corrected chi connectivity index (χ0v) is 21.1. The number of hydrogen-bond donors (Lipinski definition) is 0. The SMILES string of the molecule is C=C/C=C\C=C(/C)n1c(C2=CCC=C(C(C)(C)C)C=C2)nnc1-c1ccc(-c2ccccc2)cc1. The predicted octanol–water partition coefficient (Wildman–Crippen LogP) is 8.53. The molecule has 0 saturated carbocycles. The minimum atomic E-state index is 0.102. The van der Waals surface area contributed by atoms with E-state index >= 15 is 0 Å². The van der Waals surface area contributed by atoms with Crippen LogP contribution in [0.1, 0.15) is 39.9 Å². The van der Waals surface area contributed by atoms with Crippen molar-refractivity contribution in [3.05, 3.63) is 121 Å². The van der Waals surface area contributed by atoms with Gasteiger partial charge >= 0.3 is 0 Å². The number of allylic oxidation sites excluding steroid dienone is 11. The molecule has 0 atom stereocenters. The molecule has 1 aromatic heterocycles. The summed E-state index contributed by atoms with van der Waals surface area (Å²) in [7, 11) is 0. The van der Waals surface area contributed by atoms with Crippen LogP contribution in [-0.2, 0) is 0 Å². The maximum atomic E-state index is 4.66. The van der Waals surface area contributed by atoms with E-state index in [0.29, 0.717) is 0 Å². The third-order valence-corrected chi connectivity index (χ3v) is 6.09. The molecule has 0 radical (unpaired) electrons. The van der Waals surface area contributed by atoms with Crippen molar-refractivity contribution in [1.29, 1.82) is 0 Å². The van der Waals surface area contributed by atoms with Crippen molar-refractivity contribution in [2.45, 2.75) is 34.1 Å². The summed E-state index contributed by atoms with van der Waals surface area (Å²) in [6.45, 7) is 12.6. The Bertz CT molecular complexity index is 1340. The fourth-order valence-electron chi connectivity index (χ4n) is 4.13. The standard InChI is InChI=1S/C32H33N3/c1-6-7-9-13-24(2)35-30(27-16-12-17-29(23-22-27)32(3,4)5)33-34-31(35)28-20-18-26(19-21-28)25-14-10-8-11-15-25/h6-11,13-23H,1,12H2,2-5H3/b9-7-,24-13+. The van der Waals surface area contributed by atoms with Gasteiger partial charge in [-0.2, -0.15) is 0 Å². The first-order valence-corrected chi connectivity index (χ1v) is 12.1. The third kappa shape index (κ3) is 5.58. The smallest absolute Gasteiger partial charge is 0.168 e. The molecule has 0 fully saturated rings. The lowest BCUT2D eigenvalue weighted by Gasteiger charge is -2.19. The normalized spacial score (nSPS) is 14.6. The van der Waals surface area contributed by atoms with Gasteiger partial charge in [0.2, 0.25) is 0 Å². The molecule has 0 aliphatic heterocycles. The molecule has 0 bridgehead atoms. The maximum Gasteiger partial charge on any atom is 0.168 e. The van der Waals surface area contributed by atoms with Crippen molar-refractivity contribution in [3.8, 4) is 22.5 Å². The molecular formula is C32H33N3. The van der Waals surface area contributed by atoms with Crippen molar-refractivity contribution < 1.29 is 0 Å². The Balaban J connectivity index is 1.77. The van der Waals surface area contributed by atoms with Crippen LogP contribution in [0.5, 0.6) is 0 Å². The van der Waals surface area contributed by atoms with Crippen LogP contribution >= 0.6 is 0 Å². The van der Waals surface area contributed by atoms with Crippen molar-refractivity contribution in [3.63, 3.8) is 0 Å². The second-order valence-electron chi connectivity index (χ2n) is 9.69. The minimum absolute atomic E-state index is 0.102. The van der Waals surface area contributed by atoms with Crippen LogP contribution in [0, 0.1) is 5.41 Å². The average Bonchev–Trinajstić information content (AvgIpc) is 3.14. The lowest BCUT2D eigenvalue weighted by atomic mass is 9.86. The lowest BCUT2D eigenvalue weighted by Crippen LogP contribution is -2.07. The molecule has 3 heteroatoms. The molecule has 0 amide bonds. The highest BCUT2D eigenvalue weighted by Crippen LogP contribution is 2.32. The van der Waals surface area contributed by atoms with E-state index in [4.69, 9.17) is 0 Å². The Morgan fingerprint density at radius 3 is 2.17 bits per heavy atom. The number of aromatic nitrogens is 3. The molecule has 3 aromatic rings. The van der Waals surface area contributed by atoms with Crippen molar-refractivity contribution in [2.24, 2.45) is 5.41 Å². The predicted molar refractivity (Wildman–Crippen MR) is 149 cm³/mol. The number of hydrogen-bond acceptors (Lipinski definition) is 2. The van der Waals surface area contributed by atoms with E-state index in [1.165, 1.54) is 16.7 Å². The Kier molecular flexibility index (Phi) is 7.26. The van der Waals surface area contributed by atoms with Gasteiger partial charge in [0.05, 0.1) is 0 Å². The summed E-state index contributed by atoms with van der Waals surface area (Å²) in [6.07, 6.45) is 17.5. The van der Waals surface area contributed by atoms with Crippen molar-refractivity contribution >= 4 is 11.3 Å². The van der Waals surface area contributed by atoms with E-state index in [-0.39, 0.29) is 5.41 Å². The third-order valence-electron chi connectivity index (χ3n) is 6.09. The molecule has 0 unspecified atom stereocenters. The Morgan fingerprint density at radius 1 is 0.829 bits per heavy atom. The van der Waals surface area contributed by atoms with Crippen LogP contribution in [-0.4, -0.2) is 14.8 Å². The molecule has 3 nitrogen and oxygen atoms in total. The molecule has 0 saturated heterocycles. The topological polar surface area (TPSA) is 30.7 Å². The summed E-state index contributed by atoms with van der Waals surface area (Å²) in [5.74, 6) is 1.66. The zero-order chi connectivity index (χ0) is 24.8. The first kappa shape index (κ1) is 24.2. The van der Waals surface area contributed by atoms with Crippen LogP contribution in [0.3, 0.4) is 0 Å². The van der Waals surface area contributed by atoms with E-state index in [1.54, 1.807) is 6.08 Å². The average molecular weight is 460 g/mol. The molecule has 4 rings (SSSR count). The highest BCUT2D eigenvalue weighted by molar-refractivity contribution is 5.77.